The van der Waals surface area contributed by atoms with Gasteiger partial charge in [-0.2, -0.15) is 0 Å². The van der Waals surface area contributed by atoms with E-state index in [2.05, 4.69) is 20.3 Å². The van der Waals surface area contributed by atoms with E-state index in [0.717, 1.165) is 11.9 Å². The molecule has 1 amide bonds. The Kier molecular flexibility index (Phi) is 5.37. The molecule has 6 nitrogen and oxygen atoms in total. The molecule has 0 bridgehead atoms. The summed E-state index contributed by atoms with van der Waals surface area (Å²) in [5, 5.41) is 3.39. The van der Waals surface area contributed by atoms with E-state index < -0.39 is 0 Å². The molecule has 1 unspecified atom stereocenters. The molecule has 1 atom stereocenters. The Labute approximate surface area is 121 Å². The fourth-order valence-corrected chi connectivity index (χ4v) is 2.66. The number of imidazole rings is 1. The lowest BCUT2D eigenvalue weighted by Gasteiger charge is -2.12. The van der Waals surface area contributed by atoms with Crippen LogP contribution in [0.4, 0.5) is 0 Å². The Morgan fingerprint density at radius 2 is 2.45 bits per heavy atom. The van der Waals surface area contributed by atoms with E-state index in [-0.39, 0.29) is 11.2 Å². The van der Waals surface area contributed by atoms with Gasteiger partial charge < -0.3 is 15.0 Å². The van der Waals surface area contributed by atoms with Gasteiger partial charge in [0.2, 0.25) is 5.91 Å². The van der Waals surface area contributed by atoms with Gasteiger partial charge in [-0.3, -0.25) is 4.79 Å². The van der Waals surface area contributed by atoms with Crippen molar-refractivity contribution in [2.75, 3.05) is 20.3 Å². The molecule has 108 valence electrons. The first-order valence-corrected chi connectivity index (χ1v) is 7.36. The first-order chi connectivity index (χ1) is 9.74. The van der Waals surface area contributed by atoms with Crippen LogP contribution in [0.3, 0.4) is 0 Å². The van der Waals surface area contributed by atoms with E-state index in [0.29, 0.717) is 24.0 Å². The number of H-pyrrole nitrogens is 1. The molecule has 0 fully saturated rings. The Hall–Kier alpha value is -1.60. The van der Waals surface area contributed by atoms with Gasteiger partial charge in [0, 0.05) is 19.9 Å². The van der Waals surface area contributed by atoms with Crippen LogP contribution in [0.15, 0.2) is 23.5 Å². The summed E-state index contributed by atoms with van der Waals surface area (Å²) >= 11 is 1.42. The van der Waals surface area contributed by atoms with Crippen molar-refractivity contribution in [3.8, 4) is 0 Å². The molecule has 0 radical (unpaired) electrons. The number of nitrogens with one attached hydrogen (secondary N) is 2. The second-order valence-electron chi connectivity index (χ2n) is 4.22. The van der Waals surface area contributed by atoms with Crippen LogP contribution >= 0.6 is 11.8 Å². The first kappa shape index (κ1) is 14.8. The Morgan fingerprint density at radius 3 is 3.15 bits per heavy atom. The molecular weight excluding hydrogens is 276 g/mol. The highest BCUT2D eigenvalue weighted by atomic mass is 32.2. The van der Waals surface area contributed by atoms with E-state index in [1.807, 2.05) is 19.1 Å². The summed E-state index contributed by atoms with van der Waals surface area (Å²) in [6.45, 7) is 3.02. The number of carbonyl (C=O) groups is 1. The summed E-state index contributed by atoms with van der Waals surface area (Å²) < 4.78 is 4.92. The lowest BCUT2D eigenvalue weighted by molar-refractivity contribution is -0.120. The Balaban J connectivity index is 2.00. The molecule has 2 aromatic heterocycles. The molecular formula is C13H18N4O2S. The smallest absolute Gasteiger partial charge is 0.233 e. The zero-order chi connectivity index (χ0) is 14.4. The van der Waals surface area contributed by atoms with Gasteiger partial charge in [0.15, 0.2) is 10.8 Å². The van der Waals surface area contributed by atoms with Crippen molar-refractivity contribution in [2.24, 2.45) is 0 Å². The van der Waals surface area contributed by atoms with Crippen molar-refractivity contribution in [2.45, 2.75) is 23.8 Å². The third kappa shape index (κ3) is 3.71. The molecule has 2 rings (SSSR count). The van der Waals surface area contributed by atoms with E-state index in [9.17, 15) is 4.79 Å². The van der Waals surface area contributed by atoms with Crippen LogP contribution in [0.5, 0.6) is 0 Å². The molecule has 0 aliphatic heterocycles. The Bertz CT molecular complexity index is 539. The summed E-state index contributed by atoms with van der Waals surface area (Å²) in [6, 6.07) is 3.77. The molecule has 0 aromatic carbocycles. The summed E-state index contributed by atoms with van der Waals surface area (Å²) in [5.41, 5.74) is 1.55. The third-order valence-corrected chi connectivity index (χ3v) is 4.01. The fourth-order valence-electron chi connectivity index (χ4n) is 1.73. The van der Waals surface area contributed by atoms with Crippen molar-refractivity contribution >= 4 is 28.8 Å². The highest BCUT2D eigenvalue weighted by Crippen LogP contribution is 2.24. The van der Waals surface area contributed by atoms with Crippen LogP contribution in [-0.4, -0.2) is 46.4 Å². The monoisotopic (exact) mass is 294 g/mol. The average Bonchev–Trinajstić information content (AvgIpc) is 2.87. The topological polar surface area (TPSA) is 79.9 Å². The van der Waals surface area contributed by atoms with Gasteiger partial charge in [0.1, 0.15) is 0 Å². The number of hydrogen-bond donors (Lipinski definition) is 2. The minimum Gasteiger partial charge on any atom is -0.383 e. The zero-order valence-corrected chi connectivity index (χ0v) is 12.4. The van der Waals surface area contributed by atoms with Crippen molar-refractivity contribution in [1.82, 2.24) is 20.3 Å². The molecule has 7 heteroatoms. The number of aromatic amines is 1. The third-order valence-electron chi connectivity index (χ3n) is 2.76. The predicted molar refractivity (Wildman–Crippen MR) is 78.7 cm³/mol. The predicted octanol–water partition coefficient (Wildman–Crippen LogP) is 1.59. The summed E-state index contributed by atoms with van der Waals surface area (Å²) in [5.74, 6) is 0.00275. The maximum atomic E-state index is 12.0. The number of carbonyl (C=O) groups excluding carboxylic acids is 1. The molecule has 20 heavy (non-hydrogen) atoms. The second kappa shape index (κ2) is 7.25. The highest BCUT2D eigenvalue weighted by molar-refractivity contribution is 8.00. The summed E-state index contributed by atoms with van der Waals surface area (Å²) in [7, 11) is 1.61. The van der Waals surface area contributed by atoms with Crippen LogP contribution < -0.4 is 5.32 Å². The number of amides is 1. The average molecular weight is 294 g/mol. The number of hydrogen-bond acceptors (Lipinski definition) is 5. The Morgan fingerprint density at radius 1 is 1.60 bits per heavy atom. The minimum atomic E-state index is -0.174. The van der Waals surface area contributed by atoms with Gasteiger partial charge in [0.25, 0.3) is 0 Å². The molecule has 2 heterocycles. The van der Waals surface area contributed by atoms with E-state index in [4.69, 9.17) is 4.74 Å². The SMILES string of the molecule is CCC(Sc1nc2ncccc2[nH]1)C(=O)NCCOC. The van der Waals surface area contributed by atoms with Crippen LogP contribution in [0.2, 0.25) is 0 Å². The van der Waals surface area contributed by atoms with Crippen LogP contribution in [0.25, 0.3) is 11.2 Å². The van der Waals surface area contributed by atoms with Crippen molar-refractivity contribution in [3.05, 3.63) is 18.3 Å². The molecule has 0 saturated carbocycles. The molecule has 0 aliphatic rings. The van der Waals surface area contributed by atoms with E-state index in [1.165, 1.54) is 11.8 Å². The summed E-state index contributed by atoms with van der Waals surface area (Å²) in [4.78, 5) is 23.7. The summed E-state index contributed by atoms with van der Waals surface area (Å²) in [6.07, 6.45) is 2.43. The van der Waals surface area contributed by atoms with Crippen molar-refractivity contribution < 1.29 is 9.53 Å². The van der Waals surface area contributed by atoms with E-state index >= 15 is 0 Å². The number of thioether (sulfide) groups is 1. The van der Waals surface area contributed by atoms with Crippen LogP contribution in [-0.2, 0) is 9.53 Å². The van der Waals surface area contributed by atoms with Crippen LogP contribution in [0.1, 0.15) is 13.3 Å². The molecule has 0 spiro atoms. The lowest BCUT2D eigenvalue weighted by Crippen LogP contribution is -2.34. The van der Waals surface area contributed by atoms with Crippen molar-refractivity contribution in [3.63, 3.8) is 0 Å². The maximum Gasteiger partial charge on any atom is 0.233 e. The van der Waals surface area contributed by atoms with Gasteiger partial charge in [0.05, 0.1) is 17.4 Å². The normalized spacial score (nSPS) is 12.5. The number of ether oxygens (including phenoxy) is 1. The van der Waals surface area contributed by atoms with Gasteiger partial charge in [-0.1, -0.05) is 18.7 Å². The van der Waals surface area contributed by atoms with Crippen molar-refractivity contribution in [1.29, 1.82) is 0 Å². The fraction of sp³-hybridized carbons (Fsp3) is 0.462. The van der Waals surface area contributed by atoms with Gasteiger partial charge in [-0.05, 0) is 18.6 Å². The number of methoxy groups -OCH3 is 1. The van der Waals surface area contributed by atoms with Crippen LogP contribution in [0, 0.1) is 0 Å². The number of fused-ring (bicyclic) bond motifs is 1. The molecule has 2 N–H and O–H groups in total. The first-order valence-electron chi connectivity index (χ1n) is 6.48. The molecule has 2 aromatic rings. The lowest BCUT2D eigenvalue weighted by atomic mass is 10.3. The number of pyridine rings is 1. The van der Waals surface area contributed by atoms with Gasteiger partial charge >= 0.3 is 0 Å². The second-order valence-corrected chi connectivity index (χ2v) is 5.41. The largest absolute Gasteiger partial charge is 0.383 e. The molecule has 0 saturated heterocycles. The highest BCUT2D eigenvalue weighted by Gasteiger charge is 2.19. The number of rotatable bonds is 7. The number of aromatic nitrogens is 3. The minimum absolute atomic E-state index is 0.00275. The van der Waals surface area contributed by atoms with Gasteiger partial charge in [-0.25, -0.2) is 9.97 Å². The molecule has 0 aliphatic carbocycles. The van der Waals surface area contributed by atoms with Gasteiger partial charge in [-0.15, -0.1) is 0 Å². The zero-order valence-electron chi connectivity index (χ0n) is 11.5. The quantitative estimate of drug-likeness (QED) is 0.599. The van der Waals surface area contributed by atoms with E-state index in [1.54, 1.807) is 13.3 Å². The maximum absolute atomic E-state index is 12.0. The number of nitrogens with zero attached hydrogens (tertiary/aromatic N) is 2. The standard InChI is InChI=1S/C13H18N4O2S/c1-3-10(12(18)15-7-8-19-2)20-13-16-9-5-4-6-14-11(9)17-13/h4-6,10H,3,7-8H2,1-2H3,(H,15,18)(H,14,16,17).